The molecule has 4 amide bonds. The van der Waals surface area contributed by atoms with Gasteiger partial charge in [-0.3, -0.25) is 24.0 Å². The van der Waals surface area contributed by atoms with Gasteiger partial charge in [0.25, 0.3) is 11.8 Å². The minimum atomic E-state index is -4.45. The van der Waals surface area contributed by atoms with E-state index in [0.717, 1.165) is 52.8 Å². The number of β-amino-alcohol motifs (C(OH)–C–C–N with tert-alkyl or cyclic N) is 1. The van der Waals surface area contributed by atoms with Crippen LogP contribution in [-0.2, 0) is 41.6 Å². The largest absolute Gasteiger partial charge is 0.444 e. The highest BCUT2D eigenvalue weighted by molar-refractivity contribution is 7.13. The molecule has 24 heteroatoms. The monoisotopic (exact) mass is 1100 g/mol. The summed E-state index contributed by atoms with van der Waals surface area (Å²) in [6, 6.07) is 17.2. The van der Waals surface area contributed by atoms with E-state index in [1.807, 2.05) is 64.1 Å². The number of nitrogens with two attached hydrogens (primary N) is 1. The molecule has 1 aliphatic rings. The minimum absolute atomic E-state index is 0.000269. The number of oxazole rings is 1. The number of unbranched alkanes of at least 4 members (excludes halogenated alkanes) is 1. The van der Waals surface area contributed by atoms with Crippen molar-refractivity contribution in [1.29, 1.82) is 0 Å². The topological polar surface area (TPSA) is 268 Å². The molecule has 4 aromatic heterocycles. The average Bonchev–Trinajstić information content (AvgIpc) is 4.29. The van der Waals surface area contributed by atoms with Crippen LogP contribution in [0, 0.1) is 18.3 Å². The maximum atomic E-state index is 14.0. The highest BCUT2D eigenvalue weighted by Gasteiger charge is 2.44. The van der Waals surface area contributed by atoms with E-state index in [4.69, 9.17) is 24.4 Å². The van der Waals surface area contributed by atoms with Gasteiger partial charge < -0.3 is 50.3 Å². The van der Waals surface area contributed by atoms with Crippen LogP contribution in [0.4, 0.5) is 24.7 Å². The number of pyridine rings is 1. The van der Waals surface area contributed by atoms with Crippen LogP contribution < -0.4 is 21.7 Å². The van der Waals surface area contributed by atoms with Crippen molar-refractivity contribution in [2.45, 2.75) is 84.7 Å². The van der Waals surface area contributed by atoms with Crippen LogP contribution in [0.25, 0.3) is 27.6 Å². The number of aromatic nitrogens is 5. The van der Waals surface area contributed by atoms with Crippen LogP contribution >= 0.6 is 11.3 Å². The molecule has 7 rings (SSSR count). The number of hydrogen-bond acceptors (Lipinski definition) is 16. The lowest BCUT2D eigenvalue weighted by Gasteiger charge is -2.34. The number of thiazole rings is 1. The minimum Gasteiger partial charge on any atom is -0.444 e. The standard InChI is InChI=1S/C54H63F3N10O10S/c1-33-47(78-32-62-33)36-12-8-35(9-13-36)26-60-50(72)44-25-39(68)27-66(44)52(73)41(53(2,3)4)24-40(69)29-76-22-21-75-20-19-74-18-6-5-7-34-10-14-38(15-11-34)67-28-42(46(65-67)48(58)70)63-49(71)43-30-77-51(64-43)37-16-17-59-45(23-37)61-31-54(55,56)57/h8-17,23,28,30,32,39,41,44,68H,5-7,18-22,24-27,29,31H2,1-4H3,(H2,58,70)(H,59,61)(H,60,72)(H,63,71)/t39-,41-,44+/m1/s1. The van der Waals surface area contributed by atoms with E-state index in [9.17, 15) is 42.3 Å². The maximum Gasteiger partial charge on any atom is 0.405 e. The fourth-order valence-corrected chi connectivity index (χ4v) is 9.33. The normalized spacial score (nSPS) is 15.1. The van der Waals surface area contributed by atoms with Crippen LogP contribution in [0.2, 0.25) is 0 Å². The number of halogens is 3. The van der Waals surface area contributed by atoms with Crippen molar-refractivity contribution < 1.29 is 60.9 Å². The summed E-state index contributed by atoms with van der Waals surface area (Å²) < 4.78 is 61.7. The molecule has 5 heterocycles. The number of aryl methyl sites for hydroxylation is 2. The Morgan fingerprint density at radius 1 is 0.910 bits per heavy atom. The lowest BCUT2D eigenvalue weighted by Crippen LogP contribution is -2.50. The van der Waals surface area contributed by atoms with Crippen molar-refractivity contribution in [3.05, 3.63) is 113 Å². The molecular formula is C54H63F3N10O10S. The SMILES string of the molecule is Cc1ncsc1-c1ccc(CNC(=O)[C@@H]2C[C@@H](O)CN2C(=O)[C@@H](CC(=O)COCCOCCOCCCCc2ccc(-n3cc(NC(=O)c4coc(-c5ccnc(NCC(F)(F)F)c5)n4)c(C(N)=O)n3)cc2)C(C)(C)C)cc1. The molecule has 1 saturated heterocycles. The lowest BCUT2D eigenvalue weighted by atomic mass is 9.77. The zero-order valence-electron chi connectivity index (χ0n) is 43.6. The third-order valence-electron chi connectivity index (χ3n) is 12.7. The van der Waals surface area contributed by atoms with Crippen LogP contribution in [0.1, 0.15) is 84.3 Å². The van der Waals surface area contributed by atoms with E-state index in [2.05, 4.69) is 36.0 Å². The van der Waals surface area contributed by atoms with Gasteiger partial charge in [-0.15, -0.1) is 11.3 Å². The Bertz CT molecular complexity index is 2990. The van der Waals surface area contributed by atoms with Crippen LogP contribution in [0.5, 0.6) is 0 Å². The molecule has 2 aromatic carbocycles. The Morgan fingerprint density at radius 2 is 1.62 bits per heavy atom. The van der Waals surface area contributed by atoms with Gasteiger partial charge in [0, 0.05) is 50.2 Å². The molecule has 1 aliphatic heterocycles. The third kappa shape index (κ3) is 16.6. The number of amides is 4. The summed E-state index contributed by atoms with van der Waals surface area (Å²) in [7, 11) is 0. The van der Waals surface area contributed by atoms with Gasteiger partial charge in [-0.25, -0.2) is 19.6 Å². The Morgan fingerprint density at radius 3 is 2.29 bits per heavy atom. The zero-order chi connectivity index (χ0) is 56.0. The second-order valence-corrected chi connectivity index (χ2v) is 20.6. The summed E-state index contributed by atoms with van der Waals surface area (Å²) in [4.78, 5) is 80.8. The molecule has 0 aliphatic carbocycles. The van der Waals surface area contributed by atoms with Crippen molar-refractivity contribution in [1.82, 2.24) is 34.9 Å². The third-order valence-corrected chi connectivity index (χ3v) is 13.7. The number of alkyl halides is 3. The Labute approximate surface area is 452 Å². The molecule has 416 valence electrons. The number of likely N-dealkylation sites (tertiary alicyclic amines) is 1. The van der Waals surface area contributed by atoms with Crippen LogP contribution in [-0.4, -0.2) is 135 Å². The summed E-state index contributed by atoms with van der Waals surface area (Å²) in [5.41, 5.74) is 11.2. The quantitative estimate of drug-likeness (QED) is 0.0327. The van der Waals surface area contributed by atoms with Crippen molar-refractivity contribution in [3.8, 4) is 27.6 Å². The van der Waals surface area contributed by atoms with Crippen molar-refractivity contribution >= 4 is 52.3 Å². The molecular weight excluding hydrogens is 1040 g/mol. The van der Waals surface area contributed by atoms with Gasteiger partial charge in [-0.2, -0.15) is 18.3 Å². The molecule has 6 aromatic rings. The van der Waals surface area contributed by atoms with Gasteiger partial charge in [-0.05, 0) is 72.6 Å². The van der Waals surface area contributed by atoms with Crippen LogP contribution in [0.3, 0.4) is 0 Å². The highest BCUT2D eigenvalue weighted by Crippen LogP contribution is 2.34. The number of benzene rings is 2. The number of carbonyl (C=O) groups excluding carboxylic acids is 5. The number of hydrogen-bond donors (Lipinski definition) is 5. The van der Waals surface area contributed by atoms with E-state index in [1.165, 1.54) is 34.1 Å². The molecule has 6 N–H and O–H groups in total. The Kier molecular flexibility index (Phi) is 20.0. The molecule has 0 saturated carbocycles. The van der Waals surface area contributed by atoms with Crippen molar-refractivity contribution in [3.63, 3.8) is 0 Å². The summed E-state index contributed by atoms with van der Waals surface area (Å²) in [6.45, 7) is 7.95. The molecule has 0 spiro atoms. The van der Waals surface area contributed by atoms with Gasteiger partial charge in [0.15, 0.2) is 17.2 Å². The Hall–Kier alpha value is -7.38. The first-order valence-electron chi connectivity index (χ1n) is 25.3. The first-order valence-corrected chi connectivity index (χ1v) is 26.1. The van der Waals surface area contributed by atoms with Gasteiger partial charge in [0.05, 0.1) is 66.2 Å². The number of ether oxygens (including phenoxy) is 3. The fraction of sp³-hybridized carbons (Fsp3) is 0.426. The number of aliphatic hydroxyl groups excluding tert-OH is 1. The molecule has 78 heavy (non-hydrogen) atoms. The van der Waals surface area contributed by atoms with E-state index in [1.54, 1.807) is 29.0 Å². The predicted molar refractivity (Wildman–Crippen MR) is 283 cm³/mol. The fourth-order valence-electron chi connectivity index (χ4n) is 8.52. The molecule has 0 unspecified atom stereocenters. The first kappa shape index (κ1) is 58.3. The lowest BCUT2D eigenvalue weighted by molar-refractivity contribution is -0.146. The predicted octanol–water partition coefficient (Wildman–Crippen LogP) is 6.95. The average molecular weight is 1100 g/mol. The number of aliphatic hydroxyl groups is 1. The van der Waals surface area contributed by atoms with Crippen molar-refractivity contribution in [2.24, 2.45) is 17.1 Å². The van der Waals surface area contributed by atoms with E-state index < -0.39 is 48.0 Å². The number of anilines is 2. The van der Waals surface area contributed by atoms with E-state index in [-0.39, 0.29) is 97.7 Å². The Balaban J connectivity index is 0.757. The molecule has 20 nitrogen and oxygen atoms in total. The highest BCUT2D eigenvalue weighted by atomic mass is 32.1. The number of carbonyl (C=O) groups is 5. The maximum absolute atomic E-state index is 14.0. The van der Waals surface area contributed by atoms with Gasteiger partial charge in [0.1, 0.15) is 31.3 Å². The van der Waals surface area contributed by atoms with Gasteiger partial charge in [-0.1, -0.05) is 57.2 Å². The summed E-state index contributed by atoms with van der Waals surface area (Å²) >= 11 is 1.56. The second-order valence-electron chi connectivity index (χ2n) is 19.7. The van der Waals surface area contributed by atoms with Gasteiger partial charge in [0.2, 0.25) is 17.7 Å². The number of nitrogens with zero attached hydrogens (tertiary/aromatic N) is 6. The smallest absolute Gasteiger partial charge is 0.405 e. The number of Topliss-reactive ketones (excluding diaryl/α,β-unsaturated/α-hetero) is 1. The van der Waals surface area contributed by atoms with Crippen LogP contribution in [0.15, 0.2) is 89.2 Å². The zero-order valence-corrected chi connectivity index (χ0v) is 44.5. The molecule has 0 radical (unpaired) electrons. The van der Waals surface area contributed by atoms with E-state index >= 15 is 0 Å². The molecule has 0 bridgehead atoms. The molecule has 3 atom stereocenters. The number of primary amides is 1. The van der Waals surface area contributed by atoms with E-state index in [0.29, 0.717) is 25.5 Å². The van der Waals surface area contributed by atoms with Crippen molar-refractivity contribution in [2.75, 3.05) is 63.4 Å². The number of rotatable bonds is 27. The number of nitrogens with one attached hydrogen (secondary N) is 3. The summed E-state index contributed by atoms with van der Waals surface area (Å²) in [5.74, 6) is -3.49. The summed E-state index contributed by atoms with van der Waals surface area (Å²) in [6.07, 6.45) is 0.853. The second kappa shape index (κ2) is 26.8. The van der Waals surface area contributed by atoms with Gasteiger partial charge >= 0.3 is 6.18 Å². The number of ketones is 1. The first-order chi connectivity index (χ1) is 37.2. The molecule has 1 fully saturated rings. The summed E-state index contributed by atoms with van der Waals surface area (Å²) in [5, 5.41) is 22.5.